The van der Waals surface area contributed by atoms with Gasteiger partial charge in [0.1, 0.15) is 6.04 Å². The second-order valence-corrected chi connectivity index (χ2v) is 10.3. The lowest BCUT2D eigenvalue weighted by atomic mass is 9.86. The Morgan fingerprint density at radius 1 is 1.03 bits per heavy atom. The molecule has 0 radical (unpaired) electrons. The molecule has 1 N–H and O–H groups in total. The van der Waals surface area contributed by atoms with Crippen LogP contribution in [0.4, 0.5) is 0 Å². The monoisotopic (exact) mass is 490 g/mol. The molecule has 180 valence electrons. The van der Waals surface area contributed by atoms with Gasteiger partial charge < -0.3 is 10.2 Å². The molecule has 0 aliphatic rings. The van der Waals surface area contributed by atoms with E-state index in [9.17, 15) is 9.59 Å². The average Bonchev–Trinajstić information content (AvgIpc) is 2.77. The van der Waals surface area contributed by atoms with Crippen molar-refractivity contribution in [1.82, 2.24) is 10.2 Å². The van der Waals surface area contributed by atoms with Gasteiger partial charge in [0, 0.05) is 29.6 Å². The summed E-state index contributed by atoms with van der Waals surface area (Å²) in [5.41, 5.74) is 3.22. The van der Waals surface area contributed by atoms with Crippen molar-refractivity contribution in [2.24, 2.45) is 0 Å². The van der Waals surface area contributed by atoms with Crippen molar-refractivity contribution in [2.45, 2.75) is 78.3 Å². The number of hydrogen-bond donors (Lipinski definition) is 1. The number of carbonyl (C=O) groups is 2. The summed E-state index contributed by atoms with van der Waals surface area (Å²) >= 11 is 12.4. The molecular formula is C27H36Cl2N2O2. The topological polar surface area (TPSA) is 49.4 Å². The molecule has 2 rings (SSSR count). The van der Waals surface area contributed by atoms with E-state index in [1.807, 2.05) is 19.9 Å². The van der Waals surface area contributed by atoms with Crippen molar-refractivity contribution >= 4 is 35.0 Å². The van der Waals surface area contributed by atoms with Gasteiger partial charge >= 0.3 is 0 Å². The standard InChI is InChI=1S/C27H36Cl2N2O2/c1-6-16-30-26(33)24(7-2)31(18-20-11-14-22(28)17-23(20)29)25(32)15-10-19-8-12-21(13-9-19)27(3,4)5/h8-9,11-14,17,24H,6-7,10,15-16,18H2,1-5H3,(H,30,33)/t24-/m0/s1. The van der Waals surface area contributed by atoms with Crippen molar-refractivity contribution < 1.29 is 9.59 Å². The van der Waals surface area contributed by atoms with E-state index in [0.717, 1.165) is 17.5 Å². The molecule has 6 heteroatoms. The number of aryl methyl sites for hydroxylation is 1. The van der Waals surface area contributed by atoms with Gasteiger partial charge in [-0.3, -0.25) is 9.59 Å². The predicted molar refractivity (Wildman–Crippen MR) is 138 cm³/mol. The first-order chi connectivity index (χ1) is 15.6. The van der Waals surface area contributed by atoms with E-state index in [1.54, 1.807) is 17.0 Å². The van der Waals surface area contributed by atoms with Crippen molar-refractivity contribution in [3.63, 3.8) is 0 Å². The van der Waals surface area contributed by atoms with Gasteiger partial charge in [-0.25, -0.2) is 0 Å². The first-order valence-electron chi connectivity index (χ1n) is 11.7. The minimum atomic E-state index is -0.556. The van der Waals surface area contributed by atoms with Crippen LogP contribution in [0.2, 0.25) is 10.0 Å². The molecule has 2 aromatic rings. The summed E-state index contributed by atoms with van der Waals surface area (Å²) in [6.45, 7) is 11.3. The molecule has 0 saturated carbocycles. The van der Waals surface area contributed by atoms with Crippen LogP contribution in [-0.2, 0) is 28.0 Å². The van der Waals surface area contributed by atoms with Gasteiger partial charge in [0.2, 0.25) is 11.8 Å². The summed E-state index contributed by atoms with van der Waals surface area (Å²) in [6, 6.07) is 13.1. The largest absolute Gasteiger partial charge is 0.354 e. The second-order valence-electron chi connectivity index (χ2n) is 9.42. The van der Waals surface area contributed by atoms with Crippen molar-refractivity contribution in [1.29, 1.82) is 0 Å². The Morgan fingerprint density at radius 3 is 2.24 bits per heavy atom. The predicted octanol–water partition coefficient (Wildman–Crippen LogP) is 6.56. The van der Waals surface area contributed by atoms with Gasteiger partial charge in [-0.15, -0.1) is 0 Å². The Kier molecular flexibility index (Phi) is 10.2. The summed E-state index contributed by atoms with van der Waals surface area (Å²) in [7, 11) is 0. The third-order valence-electron chi connectivity index (χ3n) is 5.74. The third kappa shape index (κ3) is 8.04. The number of carbonyl (C=O) groups excluding carboxylic acids is 2. The second kappa shape index (κ2) is 12.4. The number of hydrogen-bond acceptors (Lipinski definition) is 2. The number of benzene rings is 2. The van der Waals surface area contributed by atoms with Crippen LogP contribution in [0.3, 0.4) is 0 Å². The van der Waals surface area contributed by atoms with Crippen LogP contribution >= 0.6 is 23.2 Å². The normalized spacial score (nSPS) is 12.3. The molecule has 0 heterocycles. The molecule has 33 heavy (non-hydrogen) atoms. The van der Waals surface area contributed by atoms with Crippen molar-refractivity contribution in [3.8, 4) is 0 Å². The minimum absolute atomic E-state index is 0.0700. The molecular weight excluding hydrogens is 455 g/mol. The molecule has 2 amide bonds. The summed E-state index contributed by atoms with van der Waals surface area (Å²) in [5, 5.41) is 3.96. The van der Waals surface area contributed by atoms with Crippen LogP contribution in [-0.4, -0.2) is 29.3 Å². The molecule has 0 unspecified atom stereocenters. The van der Waals surface area contributed by atoms with E-state index in [4.69, 9.17) is 23.2 Å². The van der Waals surface area contributed by atoms with Gasteiger partial charge in [0.15, 0.2) is 0 Å². The zero-order chi connectivity index (χ0) is 24.6. The lowest BCUT2D eigenvalue weighted by molar-refractivity contribution is -0.141. The van der Waals surface area contributed by atoms with E-state index in [1.165, 1.54) is 5.56 Å². The fourth-order valence-electron chi connectivity index (χ4n) is 3.69. The Hall–Kier alpha value is -2.04. The molecule has 0 saturated heterocycles. The maximum Gasteiger partial charge on any atom is 0.242 e. The Bertz CT molecular complexity index is 936. The highest BCUT2D eigenvalue weighted by Gasteiger charge is 2.28. The van der Waals surface area contributed by atoms with Gasteiger partial charge in [-0.1, -0.05) is 88.2 Å². The van der Waals surface area contributed by atoms with E-state index in [-0.39, 0.29) is 23.8 Å². The number of nitrogens with one attached hydrogen (secondary N) is 1. The molecule has 0 fully saturated rings. The van der Waals surface area contributed by atoms with E-state index >= 15 is 0 Å². The minimum Gasteiger partial charge on any atom is -0.354 e. The quantitative estimate of drug-likeness (QED) is 0.409. The number of amides is 2. The lowest BCUT2D eigenvalue weighted by Gasteiger charge is -2.31. The fraction of sp³-hybridized carbons (Fsp3) is 0.481. The Labute approximate surface area is 208 Å². The van der Waals surface area contributed by atoms with Crippen molar-refractivity contribution in [2.75, 3.05) is 6.54 Å². The zero-order valence-corrected chi connectivity index (χ0v) is 21.9. The summed E-state index contributed by atoms with van der Waals surface area (Å²) < 4.78 is 0. The highest BCUT2D eigenvalue weighted by atomic mass is 35.5. The molecule has 4 nitrogen and oxygen atoms in total. The van der Waals surface area contributed by atoms with E-state index in [0.29, 0.717) is 35.9 Å². The number of nitrogens with zero attached hydrogens (tertiary/aromatic N) is 1. The highest BCUT2D eigenvalue weighted by molar-refractivity contribution is 6.35. The van der Waals surface area contributed by atoms with Crippen LogP contribution in [0.1, 0.15) is 70.6 Å². The molecule has 0 aliphatic carbocycles. The molecule has 2 aromatic carbocycles. The van der Waals surface area contributed by atoms with Gasteiger partial charge in [-0.2, -0.15) is 0 Å². The molecule has 0 aromatic heterocycles. The molecule has 1 atom stereocenters. The Balaban J connectivity index is 2.21. The van der Waals surface area contributed by atoms with Gasteiger partial charge in [-0.05, 0) is 53.5 Å². The van der Waals surface area contributed by atoms with E-state index in [2.05, 4.69) is 50.4 Å². The smallest absolute Gasteiger partial charge is 0.242 e. The summed E-state index contributed by atoms with van der Waals surface area (Å²) in [4.78, 5) is 27.9. The lowest BCUT2D eigenvalue weighted by Crippen LogP contribution is -2.49. The van der Waals surface area contributed by atoms with Gasteiger partial charge in [0.05, 0.1) is 0 Å². The van der Waals surface area contributed by atoms with Crippen LogP contribution in [0.15, 0.2) is 42.5 Å². The van der Waals surface area contributed by atoms with Crippen molar-refractivity contribution in [3.05, 3.63) is 69.2 Å². The first-order valence-corrected chi connectivity index (χ1v) is 12.4. The van der Waals surface area contributed by atoms with Crippen LogP contribution in [0.5, 0.6) is 0 Å². The fourth-order valence-corrected chi connectivity index (χ4v) is 4.15. The third-order valence-corrected chi connectivity index (χ3v) is 6.33. The molecule has 0 bridgehead atoms. The number of halogens is 2. The summed E-state index contributed by atoms with van der Waals surface area (Å²) in [6.07, 6.45) is 2.29. The van der Waals surface area contributed by atoms with Crippen LogP contribution in [0, 0.1) is 0 Å². The average molecular weight is 492 g/mol. The van der Waals surface area contributed by atoms with Gasteiger partial charge in [0.25, 0.3) is 0 Å². The maximum atomic E-state index is 13.4. The van der Waals surface area contributed by atoms with Crippen LogP contribution < -0.4 is 5.32 Å². The number of rotatable bonds is 10. The molecule has 0 spiro atoms. The SMILES string of the molecule is CCCNC(=O)[C@H](CC)N(Cc1ccc(Cl)cc1Cl)C(=O)CCc1ccc(C(C)(C)C)cc1. The zero-order valence-electron chi connectivity index (χ0n) is 20.4. The molecule has 0 aliphatic heterocycles. The van der Waals surface area contributed by atoms with E-state index < -0.39 is 6.04 Å². The Morgan fingerprint density at radius 2 is 1.70 bits per heavy atom. The summed E-state index contributed by atoms with van der Waals surface area (Å²) in [5.74, 6) is -0.202. The van der Waals surface area contributed by atoms with Crippen LogP contribution in [0.25, 0.3) is 0 Å². The first kappa shape index (κ1) is 27.2. The maximum absolute atomic E-state index is 13.4. The highest BCUT2D eigenvalue weighted by Crippen LogP contribution is 2.25.